The van der Waals surface area contributed by atoms with E-state index in [-0.39, 0.29) is 12.3 Å². The summed E-state index contributed by atoms with van der Waals surface area (Å²) in [6, 6.07) is 6.62. The topological polar surface area (TPSA) is 75.4 Å². The third kappa shape index (κ3) is 3.60. The molecule has 26 heavy (non-hydrogen) atoms. The van der Waals surface area contributed by atoms with E-state index in [2.05, 4.69) is 5.10 Å². The van der Waals surface area contributed by atoms with Crippen molar-refractivity contribution < 1.29 is 14.7 Å². The fourth-order valence-electron chi connectivity index (χ4n) is 3.50. The van der Waals surface area contributed by atoms with Crippen LogP contribution < -0.4 is 0 Å². The molecule has 0 bridgehead atoms. The number of piperidine rings is 1. The molecular weight excluding hydrogens is 354 g/mol. The fourth-order valence-corrected chi connectivity index (χ4v) is 3.63. The van der Waals surface area contributed by atoms with E-state index in [0.29, 0.717) is 18.0 Å². The summed E-state index contributed by atoms with van der Waals surface area (Å²) in [6.07, 6.45) is 2.36. The lowest BCUT2D eigenvalue weighted by molar-refractivity contribution is -0.151. The minimum Gasteiger partial charge on any atom is -0.480 e. The van der Waals surface area contributed by atoms with Gasteiger partial charge in [0.15, 0.2) is 0 Å². The molecule has 0 saturated carbocycles. The molecular formula is C19H22ClN3O3. The lowest BCUT2D eigenvalue weighted by atomic mass is 10.0. The highest BCUT2D eigenvalue weighted by Crippen LogP contribution is 2.23. The molecule has 1 aliphatic heterocycles. The number of amides is 1. The Hall–Kier alpha value is -2.34. The third-order valence-corrected chi connectivity index (χ3v) is 5.20. The van der Waals surface area contributed by atoms with E-state index in [4.69, 9.17) is 11.6 Å². The maximum absolute atomic E-state index is 12.8. The molecule has 6 nitrogen and oxygen atoms in total. The second kappa shape index (κ2) is 7.50. The second-order valence-corrected chi connectivity index (χ2v) is 7.09. The zero-order chi connectivity index (χ0) is 18.8. The molecule has 1 fully saturated rings. The number of carbonyl (C=O) groups excluding carboxylic acids is 1. The minimum atomic E-state index is -0.927. The van der Waals surface area contributed by atoms with Crippen LogP contribution in [0.25, 0.3) is 5.69 Å². The van der Waals surface area contributed by atoms with Crippen molar-refractivity contribution in [2.45, 2.75) is 45.6 Å². The number of nitrogens with zero attached hydrogens (tertiary/aromatic N) is 3. The van der Waals surface area contributed by atoms with Crippen LogP contribution in [0.15, 0.2) is 24.3 Å². The number of carbonyl (C=O) groups is 2. The van der Waals surface area contributed by atoms with Crippen LogP contribution in [0.1, 0.15) is 36.2 Å². The minimum absolute atomic E-state index is 0.154. The molecule has 7 heteroatoms. The van der Waals surface area contributed by atoms with E-state index in [1.165, 1.54) is 4.90 Å². The molecule has 1 atom stereocenters. The molecule has 0 spiro atoms. The maximum atomic E-state index is 12.8. The number of hydrogen-bond acceptors (Lipinski definition) is 3. The van der Waals surface area contributed by atoms with Crippen molar-refractivity contribution in [3.8, 4) is 5.69 Å². The van der Waals surface area contributed by atoms with Gasteiger partial charge in [-0.2, -0.15) is 5.10 Å². The number of carboxylic acid groups (broad SMARTS) is 1. The molecule has 2 heterocycles. The number of aryl methyl sites for hydroxylation is 1. The number of benzene rings is 1. The Bertz CT molecular complexity index is 829. The Labute approximate surface area is 157 Å². The molecule has 2 aromatic rings. The molecule has 1 aromatic heterocycles. The Morgan fingerprint density at radius 3 is 2.58 bits per heavy atom. The molecule has 1 saturated heterocycles. The molecule has 0 aliphatic carbocycles. The lowest BCUT2D eigenvalue weighted by Crippen LogP contribution is -2.48. The molecule has 1 aliphatic rings. The normalized spacial score (nSPS) is 17.3. The molecule has 138 valence electrons. The lowest BCUT2D eigenvalue weighted by Gasteiger charge is -2.33. The first-order chi connectivity index (χ1) is 12.4. The number of likely N-dealkylation sites (tertiary alicyclic amines) is 1. The van der Waals surface area contributed by atoms with Crippen molar-refractivity contribution >= 4 is 23.5 Å². The summed E-state index contributed by atoms with van der Waals surface area (Å²) in [4.78, 5) is 25.7. The van der Waals surface area contributed by atoms with Gasteiger partial charge in [-0.05, 0) is 57.4 Å². The first-order valence-electron chi connectivity index (χ1n) is 8.72. The molecule has 1 N–H and O–H groups in total. The van der Waals surface area contributed by atoms with Crippen molar-refractivity contribution in [1.82, 2.24) is 14.7 Å². The summed E-state index contributed by atoms with van der Waals surface area (Å²) in [5.74, 6) is -1.08. The van der Waals surface area contributed by atoms with Crippen molar-refractivity contribution in [2.75, 3.05) is 6.54 Å². The van der Waals surface area contributed by atoms with Crippen LogP contribution in [0.2, 0.25) is 5.02 Å². The van der Waals surface area contributed by atoms with Gasteiger partial charge in [0.05, 0.1) is 17.8 Å². The zero-order valence-corrected chi connectivity index (χ0v) is 15.7. The van der Waals surface area contributed by atoms with Crippen molar-refractivity contribution in [1.29, 1.82) is 0 Å². The van der Waals surface area contributed by atoms with Gasteiger partial charge in [0.2, 0.25) is 5.91 Å². The van der Waals surface area contributed by atoms with E-state index in [1.807, 2.05) is 26.0 Å². The number of aliphatic carboxylic acids is 1. The number of hydrogen-bond donors (Lipinski definition) is 1. The third-order valence-electron chi connectivity index (χ3n) is 4.95. The summed E-state index contributed by atoms with van der Waals surface area (Å²) in [5, 5.41) is 14.6. The van der Waals surface area contributed by atoms with Gasteiger partial charge >= 0.3 is 5.97 Å². The highest BCUT2D eigenvalue weighted by molar-refractivity contribution is 6.30. The number of carboxylic acids is 1. The molecule has 3 rings (SSSR count). The van der Waals surface area contributed by atoms with Gasteiger partial charge in [0.1, 0.15) is 6.04 Å². The molecule has 1 unspecified atom stereocenters. The summed E-state index contributed by atoms with van der Waals surface area (Å²) < 4.78 is 1.79. The summed E-state index contributed by atoms with van der Waals surface area (Å²) in [7, 11) is 0. The van der Waals surface area contributed by atoms with Crippen molar-refractivity contribution in [3.05, 3.63) is 46.2 Å². The van der Waals surface area contributed by atoms with Crippen LogP contribution in [-0.4, -0.2) is 44.3 Å². The molecule has 1 amide bonds. The zero-order valence-electron chi connectivity index (χ0n) is 14.9. The van der Waals surface area contributed by atoms with Crippen LogP contribution in [0.5, 0.6) is 0 Å². The van der Waals surface area contributed by atoms with Crippen molar-refractivity contribution in [3.63, 3.8) is 0 Å². The van der Waals surface area contributed by atoms with Gasteiger partial charge < -0.3 is 10.0 Å². The van der Waals surface area contributed by atoms with Crippen LogP contribution in [0.4, 0.5) is 0 Å². The largest absolute Gasteiger partial charge is 0.480 e. The van der Waals surface area contributed by atoms with Gasteiger partial charge in [-0.1, -0.05) is 11.6 Å². The van der Waals surface area contributed by atoms with E-state index >= 15 is 0 Å². The number of aromatic nitrogens is 2. The van der Waals surface area contributed by atoms with E-state index in [1.54, 1.807) is 16.8 Å². The quantitative estimate of drug-likeness (QED) is 0.890. The van der Waals surface area contributed by atoms with Gasteiger partial charge in [-0.25, -0.2) is 9.48 Å². The van der Waals surface area contributed by atoms with Crippen LogP contribution in [0.3, 0.4) is 0 Å². The Balaban J connectivity index is 1.84. The van der Waals surface area contributed by atoms with Crippen molar-refractivity contribution in [2.24, 2.45) is 0 Å². The smallest absolute Gasteiger partial charge is 0.326 e. The average Bonchev–Trinajstić information content (AvgIpc) is 2.90. The van der Waals surface area contributed by atoms with Crippen LogP contribution in [0, 0.1) is 13.8 Å². The predicted molar refractivity (Wildman–Crippen MR) is 98.7 cm³/mol. The van der Waals surface area contributed by atoms with Gasteiger partial charge in [0, 0.05) is 22.8 Å². The van der Waals surface area contributed by atoms with Gasteiger partial charge in [-0.3, -0.25) is 4.79 Å². The Morgan fingerprint density at radius 2 is 1.92 bits per heavy atom. The van der Waals surface area contributed by atoms with Crippen LogP contribution in [-0.2, 0) is 16.0 Å². The molecule has 0 radical (unpaired) electrons. The van der Waals surface area contributed by atoms with Gasteiger partial charge in [0.25, 0.3) is 0 Å². The van der Waals surface area contributed by atoms with E-state index in [0.717, 1.165) is 35.5 Å². The highest BCUT2D eigenvalue weighted by atomic mass is 35.5. The van der Waals surface area contributed by atoms with E-state index < -0.39 is 12.0 Å². The second-order valence-electron chi connectivity index (χ2n) is 6.65. The SMILES string of the molecule is Cc1nn(-c2ccc(Cl)cc2)c(C)c1CC(=O)N1CCCCC1C(=O)O. The number of rotatable bonds is 4. The first kappa shape index (κ1) is 18.5. The summed E-state index contributed by atoms with van der Waals surface area (Å²) in [6.45, 7) is 4.29. The Kier molecular flexibility index (Phi) is 5.32. The summed E-state index contributed by atoms with van der Waals surface area (Å²) >= 11 is 5.94. The monoisotopic (exact) mass is 375 g/mol. The summed E-state index contributed by atoms with van der Waals surface area (Å²) in [5.41, 5.74) is 3.37. The average molecular weight is 376 g/mol. The van der Waals surface area contributed by atoms with E-state index in [9.17, 15) is 14.7 Å². The Morgan fingerprint density at radius 1 is 1.23 bits per heavy atom. The van der Waals surface area contributed by atoms with Gasteiger partial charge in [-0.15, -0.1) is 0 Å². The predicted octanol–water partition coefficient (Wildman–Crippen LogP) is 3.15. The molecule has 1 aromatic carbocycles. The maximum Gasteiger partial charge on any atom is 0.326 e. The first-order valence-corrected chi connectivity index (χ1v) is 9.09. The van der Waals surface area contributed by atoms with Crippen LogP contribution >= 0.6 is 11.6 Å². The number of halogens is 1. The fraction of sp³-hybridized carbons (Fsp3) is 0.421. The standard InChI is InChI=1S/C19H22ClN3O3/c1-12-16(11-18(24)22-10-4-3-5-17(22)19(25)26)13(2)23(21-12)15-8-6-14(20)7-9-15/h6-9,17H,3-5,10-11H2,1-2H3,(H,25,26). The highest BCUT2D eigenvalue weighted by Gasteiger charge is 2.32.